The number of para-hydroxylation sites is 1. The Morgan fingerprint density at radius 1 is 1.43 bits per heavy atom. The van der Waals surface area contributed by atoms with Crippen LogP contribution in [0.2, 0.25) is 0 Å². The fourth-order valence-corrected chi connectivity index (χ4v) is 2.99. The van der Waals surface area contributed by atoms with Gasteiger partial charge < -0.3 is 4.74 Å². The predicted octanol–water partition coefficient (Wildman–Crippen LogP) is 3.22. The maximum Gasteiger partial charge on any atom is 0.297 e. The number of benzene rings is 1. The summed E-state index contributed by atoms with van der Waals surface area (Å²) in [5, 5.41) is 0. The highest BCUT2D eigenvalue weighted by atomic mass is 16.5. The number of hydrogen-bond donors (Lipinski definition) is 0. The van der Waals surface area contributed by atoms with E-state index in [9.17, 15) is 0 Å². The van der Waals surface area contributed by atoms with E-state index in [4.69, 9.17) is 4.74 Å². The summed E-state index contributed by atoms with van der Waals surface area (Å²) >= 11 is 0. The Morgan fingerprint density at radius 3 is 2.95 bits per heavy atom. The van der Waals surface area contributed by atoms with E-state index in [0.29, 0.717) is 12.1 Å². The van der Waals surface area contributed by atoms with Crippen LogP contribution in [0.15, 0.2) is 29.8 Å². The first kappa shape index (κ1) is 14.1. The fourth-order valence-electron chi connectivity index (χ4n) is 2.99. The van der Waals surface area contributed by atoms with Crippen LogP contribution in [0.1, 0.15) is 26.3 Å². The van der Waals surface area contributed by atoms with Crippen molar-refractivity contribution in [3.63, 3.8) is 0 Å². The van der Waals surface area contributed by atoms with Gasteiger partial charge in [0.25, 0.3) is 6.01 Å². The third kappa shape index (κ3) is 2.56. The number of rotatable bonds is 3. The van der Waals surface area contributed by atoms with Gasteiger partial charge in [0.1, 0.15) is 0 Å². The summed E-state index contributed by atoms with van der Waals surface area (Å²) in [5.74, 6) is 0. The minimum Gasteiger partial charge on any atom is -0.468 e. The third-order valence-electron chi connectivity index (χ3n) is 4.18. The Morgan fingerprint density at radius 2 is 2.24 bits per heavy atom. The van der Waals surface area contributed by atoms with Crippen LogP contribution in [0.25, 0.3) is 11.0 Å². The molecule has 1 aromatic carbocycles. The van der Waals surface area contributed by atoms with E-state index in [2.05, 4.69) is 59.5 Å². The number of hydrogen-bond acceptors (Lipinski definition) is 3. The molecular formula is C17H23N3O. The van der Waals surface area contributed by atoms with E-state index in [0.717, 1.165) is 25.2 Å². The molecule has 21 heavy (non-hydrogen) atoms. The average Bonchev–Trinajstić information content (AvgIpc) is 2.74. The number of ether oxygens (including phenoxy) is 1. The Bertz CT molecular complexity index is 683. The second kappa shape index (κ2) is 5.53. The van der Waals surface area contributed by atoms with Gasteiger partial charge in [0.15, 0.2) is 0 Å². The van der Waals surface area contributed by atoms with Gasteiger partial charge in [-0.25, -0.2) is 0 Å². The van der Waals surface area contributed by atoms with Crippen LogP contribution in [-0.2, 0) is 13.1 Å². The van der Waals surface area contributed by atoms with Crippen molar-refractivity contribution in [2.75, 3.05) is 13.7 Å². The van der Waals surface area contributed by atoms with Crippen molar-refractivity contribution in [2.45, 2.75) is 39.9 Å². The maximum atomic E-state index is 5.47. The highest BCUT2D eigenvalue weighted by Crippen LogP contribution is 2.29. The van der Waals surface area contributed by atoms with Gasteiger partial charge in [-0.3, -0.25) is 9.47 Å². The lowest BCUT2D eigenvalue weighted by Crippen LogP contribution is -2.34. The number of methoxy groups -OCH3 is 1. The summed E-state index contributed by atoms with van der Waals surface area (Å²) in [6.07, 6.45) is 2.30. The van der Waals surface area contributed by atoms with Crippen LogP contribution in [-0.4, -0.2) is 34.1 Å². The van der Waals surface area contributed by atoms with Crippen LogP contribution < -0.4 is 4.74 Å². The fraction of sp³-hybridized carbons (Fsp3) is 0.471. The van der Waals surface area contributed by atoms with E-state index in [1.807, 2.05) is 0 Å². The lowest BCUT2D eigenvalue weighted by Gasteiger charge is -2.26. The van der Waals surface area contributed by atoms with Crippen LogP contribution in [0.4, 0.5) is 0 Å². The zero-order valence-electron chi connectivity index (χ0n) is 13.3. The molecule has 4 nitrogen and oxygen atoms in total. The van der Waals surface area contributed by atoms with Crippen molar-refractivity contribution in [3.05, 3.63) is 35.4 Å². The summed E-state index contributed by atoms with van der Waals surface area (Å²) in [6, 6.07) is 7.51. The summed E-state index contributed by atoms with van der Waals surface area (Å²) in [4.78, 5) is 7.10. The molecule has 1 atom stereocenters. The first-order valence-electron chi connectivity index (χ1n) is 7.49. The zero-order valence-corrected chi connectivity index (χ0v) is 13.3. The summed E-state index contributed by atoms with van der Waals surface area (Å²) in [6.45, 7) is 9.43. The quantitative estimate of drug-likeness (QED) is 0.811. The second-order valence-electron chi connectivity index (χ2n) is 6.05. The molecule has 0 radical (unpaired) electrons. The van der Waals surface area contributed by atoms with Crippen LogP contribution >= 0.6 is 0 Å². The van der Waals surface area contributed by atoms with Gasteiger partial charge in [-0.1, -0.05) is 23.8 Å². The standard InChI is InChI=1S/C17H23N3O/c1-12(2)8-9-19-11-14-6-5-7-15-16(14)20(10-13(19)3)17(18-15)21-4/h5-8,13H,9-11H2,1-4H3. The molecule has 0 N–H and O–H groups in total. The Balaban J connectivity index is 2.04. The maximum absolute atomic E-state index is 5.47. The first-order valence-corrected chi connectivity index (χ1v) is 7.49. The van der Waals surface area contributed by atoms with E-state index in [1.54, 1.807) is 7.11 Å². The molecule has 0 bridgehead atoms. The van der Waals surface area contributed by atoms with Gasteiger partial charge in [-0.2, -0.15) is 4.98 Å². The molecule has 2 aromatic rings. The number of imidazole rings is 1. The third-order valence-corrected chi connectivity index (χ3v) is 4.18. The molecule has 3 rings (SSSR count). The molecule has 1 aliphatic heterocycles. The topological polar surface area (TPSA) is 30.3 Å². The molecule has 112 valence electrons. The zero-order chi connectivity index (χ0) is 15.0. The van der Waals surface area contributed by atoms with E-state index in [-0.39, 0.29) is 0 Å². The second-order valence-corrected chi connectivity index (χ2v) is 6.05. The van der Waals surface area contributed by atoms with Crippen molar-refractivity contribution in [1.82, 2.24) is 14.5 Å². The molecule has 1 unspecified atom stereocenters. The van der Waals surface area contributed by atoms with E-state index in [1.165, 1.54) is 16.7 Å². The average molecular weight is 285 g/mol. The molecule has 0 fully saturated rings. The van der Waals surface area contributed by atoms with Gasteiger partial charge in [-0.15, -0.1) is 0 Å². The van der Waals surface area contributed by atoms with Crippen LogP contribution in [0.3, 0.4) is 0 Å². The molecule has 1 aliphatic rings. The molecule has 1 aromatic heterocycles. The largest absolute Gasteiger partial charge is 0.468 e. The first-order chi connectivity index (χ1) is 10.1. The Kier molecular flexibility index (Phi) is 3.72. The number of allylic oxidation sites excluding steroid dienone is 1. The summed E-state index contributed by atoms with van der Waals surface area (Å²) < 4.78 is 7.69. The Hall–Kier alpha value is -1.81. The smallest absolute Gasteiger partial charge is 0.297 e. The molecule has 0 aliphatic carbocycles. The van der Waals surface area contributed by atoms with Crippen molar-refractivity contribution >= 4 is 11.0 Å². The lowest BCUT2D eigenvalue weighted by atomic mass is 10.1. The summed E-state index contributed by atoms with van der Waals surface area (Å²) in [7, 11) is 1.70. The molecule has 4 heteroatoms. The summed E-state index contributed by atoms with van der Waals surface area (Å²) in [5.41, 5.74) is 4.94. The normalized spacial score (nSPS) is 18.6. The lowest BCUT2D eigenvalue weighted by molar-refractivity contribution is 0.205. The molecule has 2 heterocycles. The monoisotopic (exact) mass is 285 g/mol. The van der Waals surface area contributed by atoms with Gasteiger partial charge in [0.2, 0.25) is 0 Å². The molecule has 0 saturated heterocycles. The van der Waals surface area contributed by atoms with E-state index < -0.39 is 0 Å². The minimum atomic E-state index is 0.444. The van der Waals surface area contributed by atoms with Gasteiger partial charge in [-0.05, 0) is 32.4 Å². The minimum absolute atomic E-state index is 0.444. The van der Waals surface area contributed by atoms with Crippen molar-refractivity contribution in [1.29, 1.82) is 0 Å². The van der Waals surface area contributed by atoms with Crippen molar-refractivity contribution < 1.29 is 4.74 Å². The van der Waals surface area contributed by atoms with E-state index >= 15 is 0 Å². The molecule has 0 saturated carbocycles. The van der Waals surface area contributed by atoms with Gasteiger partial charge in [0, 0.05) is 25.7 Å². The van der Waals surface area contributed by atoms with Crippen LogP contribution in [0.5, 0.6) is 6.01 Å². The van der Waals surface area contributed by atoms with Crippen molar-refractivity contribution in [2.24, 2.45) is 0 Å². The van der Waals surface area contributed by atoms with Gasteiger partial charge in [0.05, 0.1) is 18.1 Å². The molecular weight excluding hydrogens is 262 g/mol. The predicted molar refractivity (Wildman–Crippen MR) is 85.6 cm³/mol. The molecule has 0 spiro atoms. The Labute approximate surface area is 126 Å². The van der Waals surface area contributed by atoms with Crippen LogP contribution in [0, 0.1) is 0 Å². The number of nitrogens with zero attached hydrogens (tertiary/aromatic N) is 3. The highest BCUT2D eigenvalue weighted by Gasteiger charge is 2.24. The van der Waals surface area contributed by atoms with Crippen molar-refractivity contribution in [3.8, 4) is 6.01 Å². The highest BCUT2D eigenvalue weighted by molar-refractivity contribution is 5.80. The molecule has 0 amide bonds. The van der Waals surface area contributed by atoms with Gasteiger partial charge >= 0.3 is 0 Å². The SMILES string of the molecule is COc1nc2cccc3c2n1CC(C)N(CC=C(C)C)C3. The number of aromatic nitrogens is 2.